The molecule has 1 N–H and O–H groups in total. The number of nitrogens with one attached hydrogen (secondary N) is 1. The molecule has 6 heteroatoms. The van der Waals surface area contributed by atoms with Crippen LogP contribution in [0.3, 0.4) is 0 Å². The molecular weight excluding hydrogens is 390 g/mol. The van der Waals surface area contributed by atoms with Crippen LogP contribution in [0, 0.1) is 0 Å². The molecule has 1 aliphatic rings. The fourth-order valence-electron chi connectivity index (χ4n) is 3.22. The van der Waals surface area contributed by atoms with Crippen molar-refractivity contribution in [2.75, 3.05) is 5.32 Å². The van der Waals surface area contributed by atoms with Crippen LogP contribution in [-0.4, -0.2) is 23.6 Å². The Labute approximate surface area is 176 Å². The smallest absolute Gasteiger partial charge is 0.338 e. The summed E-state index contributed by atoms with van der Waals surface area (Å²) in [5, 5.41) is 3.42. The van der Waals surface area contributed by atoms with Gasteiger partial charge in [0.05, 0.1) is 5.56 Å². The molecule has 2 aromatic rings. The summed E-state index contributed by atoms with van der Waals surface area (Å²) in [5.74, 6) is -0.0680. The van der Waals surface area contributed by atoms with Crippen LogP contribution < -0.4 is 10.1 Å². The third-order valence-electron chi connectivity index (χ3n) is 4.94. The van der Waals surface area contributed by atoms with E-state index in [1.54, 1.807) is 62.4 Å². The Hall–Kier alpha value is -2.53. The van der Waals surface area contributed by atoms with Crippen LogP contribution in [-0.2, 0) is 9.53 Å². The monoisotopic (exact) mass is 415 g/mol. The zero-order valence-corrected chi connectivity index (χ0v) is 17.5. The van der Waals surface area contributed by atoms with Crippen molar-refractivity contribution < 1.29 is 19.1 Å². The lowest BCUT2D eigenvalue weighted by atomic mass is 9.98. The van der Waals surface area contributed by atoms with Gasteiger partial charge in [-0.05, 0) is 88.1 Å². The van der Waals surface area contributed by atoms with Crippen LogP contribution in [0.2, 0.25) is 5.02 Å². The summed E-state index contributed by atoms with van der Waals surface area (Å²) in [6.45, 7) is 3.37. The molecule has 0 radical (unpaired) electrons. The number of hydrogen-bond donors (Lipinski definition) is 1. The number of amides is 1. The van der Waals surface area contributed by atoms with Crippen molar-refractivity contribution in [1.82, 2.24) is 0 Å². The van der Waals surface area contributed by atoms with Gasteiger partial charge in [-0.3, -0.25) is 4.79 Å². The summed E-state index contributed by atoms with van der Waals surface area (Å²) in [6.07, 6.45) is 5.31. The van der Waals surface area contributed by atoms with E-state index in [4.69, 9.17) is 21.1 Å². The first-order valence-electron chi connectivity index (χ1n) is 9.90. The molecule has 1 aliphatic carbocycles. The maximum absolute atomic E-state index is 12.6. The number of benzene rings is 2. The molecule has 29 heavy (non-hydrogen) atoms. The van der Waals surface area contributed by atoms with Crippen LogP contribution in [0.15, 0.2) is 48.5 Å². The average molecular weight is 416 g/mol. The van der Waals surface area contributed by atoms with Crippen LogP contribution in [0.4, 0.5) is 5.69 Å². The molecule has 0 heterocycles. The van der Waals surface area contributed by atoms with Crippen LogP contribution in [0.25, 0.3) is 0 Å². The summed E-state index contributed by atoms with van der Waals surface area (Å²) < 4.78 is 11.4. The van der Waals surface area contributed by atoms with Gasteiger partial charge in [0, 0.05) is 10.7 Å². The molecule has 0 bridgehead atoms. The minimum Gasteiger partial charge on any atom is -0.478 e. The van der Waals surface area contributed by atoms with Crippen LogP contribution >= 0.6 is 11.6 Å². The van der Waals surface area contributed by atoms with Crippen LogP contribution in [0.1, 0.15) is 56.3 Å². The van der Waals surface area contributed by atoms with E-state index >= 15 is 0 Å². The van der Waals surface area contributed by atoms with Gasteiger partial charge < -0.3 is 14.8 Å². The molecule has 0 atom stereocenters. The van der Waals surface area contributed by atoms with Crippen molar-refractivity contribution in [3.05, 3.63) is 59.1 Å². The van der Waals surface area contributed by atoms with Gasteiger partial charge in [-0.2, -0.15) is 0 Å². The highest BCUT2D eigenvalue weighted by Gasteiger charge is 2.30. The lowest BCUT2D eigenvalue weighted by Crippen LogP contribution is -2.42. The number of carbonyl (C=O) groups is 2. The fourth-order valence-corrected chi connectivity index (χ4v) is 3.34. The number of esters is 1. The first-order chi connectivity index (χ1) is 13.8. The molecule has 1 amide bonds. The largest absolute Gasteiger partial charge is 0.478 e. The standard InChI is InChI=1S/C23H26ClNO4/c1-23(2,29-20-14-10-17(24)11-15-20)22(27)25-18-12-8-16(9-13-18)21(26)28-19-6-4-3-5-7-19/h8-15,19H,3-7H2,1-2H3,(H,25,27). The predicted octanol–water partition coefficient (Wildman–Crippen LogP) is 5.63. The maximum atomic E-state index is 12.6. The summed E-state index contributed by atoms with van der Waals surface area (Å²) in [7, 11) is 0. The van der Waals surface area contributed by atoms with Gasteiger partial charge in [-0.25, -0.2) is 4.79 Å². The fraction of sp³-hybridized carbons (Fsp3) is 0.391. The molecule has 154 valence electrons. The normalized spacial score (nSPS) is 14.9. The Morgan fingerprint density at radius 2 is 1.59 bits per heavy atom. The minimum atomic E-state index is -1.09. The topological polar surface area (TPSA) is 64.6 Å². The number of rotatable bonds is 6. The third kappa shape index (κ3) is 5.97. The zero-order chi connectivity index (χ0) is 20.9. The summed E-state index contributed by atoms with van der Waals surface area (Å²) >= 11 is 5.87. The molecule has 2 aromatic carbocycles. The second-order valence-corrected chi connectivity index (χ2v) is 8.20. The van der Waals surface area contributed by atoms with Gasteiger partial charge in [0.25, 0.3) is 5.91 Å². The Bertz CT molecular complexity index is 840. The lowest BCUT2D eigenvalue weighted by Gasteiger charge is -2.25. The van der Waals surface area contributed by atoms with Gasteiger partial charge in [0.1, 0.15) is 11.9 Å². The lowest BCUT2D eigenvalue weighted by molar-refractivity contribution is -0.128. The van der Waals surface area contributed by atoms with Crippen molar-refractivity contribution in [2.45, 2.75) is 57.7 Å². The molecule has 1 fully saturated rings. The molecule has 0 unspecified atom stereocenters. The molecule has 0 aliphatic heterocycles. The Balaban J connectivity index is 1.57. The molecule has 1 saturated carbocycles. The third-order valence-corrected chi connectivity index (χ3v) is 5.19. The Morgan fingerprint density at radius 1 is 0.966 bits per heavy atom. The molecule has 0 aromatic heterocycles. The zero-order valence-electron chi connectivity index (χ0n) is 16.7. The molecule has 0 saturated heterocycles. The Morgan fingerprint density at radius 3 is 2.21 bits per heavy atom. The van der Waals surface area contributed by atoms with Gasteiger partial charge >= 0.3 is 5.97 Å². The van der Waals surface area contributed by atoms with Crippen molar-refractivity contribution in [3.8, 4) is 5.75 Å². The molecule has 0 spiro atoms. The van der Waals surface area contributed by atoms with Crippen molar-refractivity contribution in [3.63, 3.8) is 0 Å². The number of halogens is 1. The van der Waals surface area contributed by atoms with Gasteiger partial charge in [0.15, 0.2) is 5.60 Å². The molecular formula is C23H26ClNO4. The van der Waals surface area contributed by atoms with E-state index in [9.17, 15) is 9.59 Å². The van der Waals surface area contributed by atoms with E-state index in [0.717, 1.165) is 25.7 Å². The first kappa shape index (κ1) is 21.2. The van der Waals surface area contributed by atoms with E-state index in [0.29, 0.717) is 22.0 Å². The van der Waals surface area contributed by atoms with Crippen molar-refractivity contribution in [1.29, 1.82) is 0 Å². The summed E-state index contributed by atoms with van der Waals surface area (Å²) in [6, 6.07) is 13.5. The molecule has 3 rings (SSSR count). The van der Waals surface area contributed by atoms with E-state index in [1.807, 2.05) is 0 Å². The van der Waals surface area contributed by atoms with E-state index in [-0.39, 0.29) is 18.0 Å². The second kappa shape index (κ2) is 9.31. The highest BCUT2D eigenvalue weighted by molar-refractivity contribution is 6.30. The van der Waals surface area contributed by atoms with E-state index < -0.39 is 5.60 Å². The second-order valence-electron chi connectivity index (χ2n) is 7.76. The quantitative estimate of drug-likeness (QED) is 0.621. The van der Waals surface area contributed by atoms with E-state index in [2.05, 4.69) is 5.32 Å². The van der Waals surface area contributed by atoms with Crippen LogP contribution in [0.5, 0.6) is 5.75 Å². The number of anilines is 1. The van der Waals surface area contributed by atoms with Crippen molar-refractivity contribution >= 4 is 29.2 Å². The highest BCUT2D eigenvalue weighted by Crippen LogP contribution is 2.24. The Kier molecular flexibility index (Phi) is 6.80. The van der Waals surface area contributed by atoms with Crippen molar-refractivity contribution in [2.24, 2.45) is 0 Å². The van der Waals surface area contributed by atoms with Gasteiger partial charge in [-0.15, -0.1) is 0 Å². The number of carbonyl (C=O) groups excluding carboxylic acids is 2. The maximum Gasteiger partial charge on any atom is 0.338 e. The summed E-state index contributed by atoms with van der Waals surface area (Å²) in [4.78, 5) is 24.9. The first-order valence-corrected chi connectivity index (χ1v) is 10.3. The van der Waals surface area contributed by atoms with Gasteiger partial charge in [-0.1, -0.05) is 18.0 Å². The minimum absolute atomic E-state index is 0.0152. The summed E-state index contributed by atoms with van der Waals surface area (Å²) in [5.41, 5.74) is -0.0332. The predicted molar refractivity (Wildman–Crippen MR) is 114 cm³/mol. The van der Waals surface area contributed by atoms with E-state index in [1.165, 1.54) is 6.42 Å². The average Bonchev–Trinajstić information content (AvgIpc) is 2.71. The van der Waals surface area contributed by atoms with Gasteiger partial charge in [0.2, 0.25) is 0 Å². The number of hydrogen-bond acceptors (Lipinski definition) is 4. The highest BCUT2D eigenvalue weighted by atomic mass is 35.5. The molecule has 5 nitrogen and oxygen atoms in total. The SMILES string of the molecule is CC(C)(Oc1ccc(Cl)cc1)C(=O)Nc1ccc(C(=O)OC2CCCCC2)cc1. The number of ether oxygens (including phenoxy) is 2.